The van der Waals surface area contributed by atoms with Crippen molar-refractivity contribution in [2.75, 3.05) is 52.2 Å². The average Bonchev–Trinajstić information content (AvgIpc) is 2.75. The Morgan fingerprint density at radius 1 is 1.07 bits per heavy atom. The number of anilines is 1. The Labute approximate surface area is 181 Å². The van der Waals surface area contributed by atoms with Crippen molar-refractivity contribution in [1.29, 1.82) is 0 Å². The van der Waals surface area contributed by atoms with Crippen molar-refractivity contribution in [2.45, 2.75) is 6.04 Å². The van der Waals surface area contributed by atoms with Crippen molar-refractivity contribution in [3.8, 4) is 5.75 Å². The number of likely N-dealkylation sites (N-methyl/N-ethyl adjacent to an activating group) is 1. The van der Waals surface area contributed by atoms with Crippen LogP contribution in [0.15, 0.2) is 48.5 Å². The van der Waals surface area contributed by atoms with Gasteiger partial charge in [0.2, 0.25) is 0 Å². The van der Waals surface area contributed by atoms with Crippen molar-refractivity contribution in [3.63, 3.8) is 0 Å². The first-order chi connectivity index (χ1) is 14.5. The normalized spacial score (nSPS) is 16.0. The summed E-state index contributed by atoms with van der Waals surface area (Å²) < 4.78 is 5.25. The smallest absolute Gasteiger partial charge is 0.313 e. The highest BCUT2D eigenvalue weighted by Gasteiger charge is 2.25. The minimum absolute atomic E-state index is 0.0347. The van der Waals surface area contributed by atoms with Gasteiger partial charge in [-0.25, -0.2) is 0 Å². The molecule has 8 heteroatoms. The van der Waals surface area contributed by atoms with Crippen LogP contribution in [0.5, 0.6) is 5.75 Å². The largest absolute Gasteiger partial charge is 0.497 e. The van der Waals surface area contributed by atoms with Gasteiger partial charge in [0.15, 0.2) is 0 Å². The molecule has 0 bridgehead atoms. The lowest BCUT2D eigenvalue weighted by Gasteiger charge is -2.38. The van der Waals surface area contributed by atoms with Crippen LogP contribution in [0.2, 0.25) is 5.02 Å². The third kappa shape index (κ3) is 5.95. The summed E-state index contributed by atoms with van der Waals surface area (Å²) in [6.45, 7) is 4.01. The third-order valence-corrected chi connectivity index (χ3v) is 5.46. The number of nitrogens with one attached hydrogen (secondary N) is 2. The van der Waals surface area contributed by atoms with Gasteiger partial charge < -0.3 is 20.3 Å². The minimum Gasteiger partial charge on any atom is -0.497 e. The summed E-state index contributed by atoms with van der Waals surface area (Å²) in [6, 6.07) is 14.5. The molecule has 0 radical (unpaired) electrons. The summed E-state index contributed by atoms with van der Waals surface area (Å²) in [4.78, 5) is 29.3. The Hall–Kier alpha value is -2.61. The fourth-order valence-electron chi connectivity index (χ4n) is 3.44. The molecule has 1 atom stereocenters. The van der Waals surface area contributed by atoms with Crippen molar-refractivity contribution in [1.82, 2.24) is 15.1 Å². The number of benzene rings is 2. The van der Waals surface area contributed by atoms with Crippen LogP contribution in [-0.4, -0.2) is 68.5 Å². The van der Waals surface area contributed by atoms with Gasteiger partial charge in [-0.1, -0.05) is 29.8 Å². The fourth-order valence-corrected chi connectivity index (χ4v) is 3.63. The van der Waals surface area contributed by atoms with E-state index in [2.05, 4.69) is 27.5 Å². The van der Waals surface area contributed by atoms with E-state index in [1.54, 1.807) is 31.4 Å². The molecule has 1 heterocycles. The zero-order chi connectivity index (χ0) is 21.5. The van der Waals surface area contributed by atoms with E-state index in [1.807, 2.05) is 24.3 Å². The summed E-state index contributed by atoms with van der Waals surface area (Å²) in [6.07, 6.45) is 0. The Morgan fingerprint density at radius 2 is 1.77 bits per heavy atom. The van der Waals surface area contributed by atoms with Gasteiger partial charge in [-0.2, -0.15) is 0 Å². The van der Waals surface area contributed by atoms with Crippen LogP contribution in [0.25, 0.3) is 0 Å². The van der Waals surface area contributed by atoms with Gasteiger partial charge in [0, 0.05) is 43.4 Å². The zero-order valence-corrected chi connectivity index (χ0v) is 18.0. The average molecular weight is 431 g/mol. The van der Waals surface area contributed by atoms with E-state index in [-0.39, 0.29) is 6.04 Å². The number of nitrogens with zero attached hydrogens (tertiary/aromatic N) is 2. The maximum absolute atomic E-state index is 12.4. The molecule has 2 aromatic rings. The molecule has 3 rings (SSSR count). The summed E-state index contributed by atoms with van der Waals surface area (Å²) >= 11 is 5.93. The number of methoxy groups -OCH3 is 1. The van der Waals surface area contributed by atoms with Gasteiger partial charge in [-0.05, 0) is 42.9 Å². The Balaban J connectivity index is 1.66. The number of ether oxygens (including phenoxy) is 1. The fraction of sp³-hybridized carbons (Fsp3) is 0.364. The predicted molar refractivity (Wildman–Crippen MR) is 118 cm³/mol. The van der Waals surface area contributed by atoms with Crippen molar-refractivity contribution < 1.29 is 14.3 Å². The van der Waals surface area contributed by atoms with Gasteiger partial charge in [0.1, 0.15) is 5.75 Å². The van der Waals surface area contributed by atoms with E-state index in [0.29, 0.717) is 17.3 Å². The number of hydrogen-bond donors (Lipinski definition) is 2. The third-order valence-electron chi connectivity index (χ3n) is 5.22. The Morgan fingerprint density at radius 3 is 2.40 bits per heavy atom. The van der Waals surface area contributed by atoms with Crippen LogP contribution < -0.4 is 15.4 Å². The molecule has 2 aromatic carbocycles. The number of amides is 2. The maximum atomic E-state index is 12.4. The van der Waals surface area contributed by atoms with Crippen LogP contribution in [-0.2, 0) is 9.59 Å². The molecule has 1 saturated heterocycles. The minimum atomic E-state index is -0.718. The summed E-state index contributed by atoms with van der Waals surface area (Å²) in [7, 11) is 3.73. The molecule has 0 spiro atoms. The SMILES string of the molecule is COc1ccc([C@H](CNC(=O)C(=O)Nc2cccc(Cl)c2)N2CCN(C)CC2)cc1. The van der Waals surface area contributed by atoms with Crippen LogP contribution in [0.1, 0.15) is 11.6 Å². The van der Waals surface area contributed by atoms with Crippen LogP contribution >= 0.6 is 11.6 Å². The molecule has 0 saturated carbocycles. The molecular formula is C22H27ClN4O3. The molecule has 0 unspecified atom stereocenters. The first-order valence-corrected chi connectivity index (χ1v) is 10.3. The quantitative estimate of drug-likeness (QED) is 0.688. The van der Waals surface area contributed by atoms with E-state index < -0.39 is 11.8 Å². The highest BCUT2D eigenvalue weighted by atomic mass is 35.5. The van der Waals surface area contributed by atoms with E-state index in [0.717, 1.165) is 37.5 Å². The van der Waals surface area contributed by atoms with E-state index in [9.17, 15) is 9.59 Å². The number of carbonyl (C=O) groups excluding carboxylic acids is 2. The van der Waals surface area contributed by atoms with Crippen LogP contribution in [0, 0.1) is 0 Å². The highest BCUT2D eigenvalue weighted by molar-refractivity contribution is 6.39. The molecule has 2 N–H and O–H groups in total. The second-order valence-corrected chi connectivity index (χ2v) is 7.74. The van der Waals surface area contributed by atoms with Crippen molar-refractivity contribution in [2.24, 2.45) is 0 Å². The molecule has 0 aliphatic carbocycles. The number of hydrogen-bond acceptors (Lipinski definition) is 5. The van der Waals surface area contributed by atoms with Crippen LogP contribution in [0.3, 0.4) is 0 Å². The molecule has 1 aliphatic heterocycles. The molecule has 30 heavy (non-hydrogen) atoms. The first kappa shape index (κ1) is 22.1. The van der Waals surface area contributed by atoms with Crippen molar-refractivity contribution >= 4 is 29.1 Å². The van der Waals surface area contributed by atoms with Gasteiger partial charge in [0.05, 0.1) is 13.2 Å². The standard InChI is InChI=1S/C22H27ClN4O3/c1-26-10-12-27(13-11-26)20(16-6-8-19(30-2)9-7-16)15-24-21(28)22(29)25-18-5-3-4-17(23)14-18/h3-9,14,20H,10-13,15H2,1-2H3,(H,24,28)(H,25,29)/t20-/m0/s1. The summed E-state index contributed by atoms with van der Waals surface area (Å²) in [5.41, 5.74) is 1.55. The molecule has 1 fully saturated rings. The van der Waals surface area contributed by atoms with E-state index in [1.165, 1.54) is 0 Å². The lowest BCUT2D eigenvalue weighted by atomic mass is 10.0. The molecule has 160 valence electrons. The lowest BCUT2D eigenvalue weighted by molar-refractivity contribution is -0.136. The Bertz CT molecular complexity index is 867. The molecule has 1 aliphatic rings. The highest BCUT2D eigenvalue weighted by Crippen LogP contribution is 2.24. The van der Waals surface area contributed by atoms with Gasteiger partial charge in [-0.3, -0.25) is 14.5 Å². The maximum Gasteiger partial charge on any atom is 0.313 e. The van der Waals surface area contributed by atoms with E-state index in [4.69, 9.17) is 16.3 Å². The van der Waals surface area contributed by atoms with Gasteiger partial charge >= 0.3 is 11.8 Å². The Kier molecular flexibility index (Phi) is 7.68. The van der Waals surface area contributed by atoms with Gasteiger partial charge in [0.25, 0.3) is 0 Å². The topological polar surface area (TPSA) is 73.9 Å². The predicted octanol–water partition coefficient (Wildman–Crippen LogP) is 2.39. The zero-order valence-electron chi connectivity index (χ0n) is 17.2. The molecule has 2 amide bonds. The molecule has 7 nitrogen and oxygen atoms in total. The summed E-state index contributed by atoms with van der Waals surface area (Å²) in [5.74, 6) is -0.618. The second kappa shape index (κ2) is 10.4. The number of rotatable bonds is 6. The van der Waals surface area contributed by atoms with Crippen LogP contribution in [0.4, 0.5) is 5.69 Å². The molecular weight excluding hydrogens is 404 g/mol. The molecule has 0 aromatic heterocycles. The van der Waals surface area contributed by atoms with Gasteiger partial charge in [-0.15, -0.1) is 0 Å². The van der Waals surface area contributed by atoms with E-state index >= 15 is 0 Å². The number of carbonyl (C=O) groups is 2. The monoisotopic (exact) mass is 430 g/mol. The number of halogens is 1. The van der Waals surface area contributed by atoms with Crippen molar-refractivity contribution in [3.05, 3.63) is 59.1 Å². The second-order valence-electron chi connectivity index (χ2n) is 7.30. The first-order valence-electron chi connectivity index (χ1n) is 9.87. The summed E-state index contributed by atoms with van der Waals surface area (Å²) in [5, 5.41) is 5.85. The lowest BCUT2D eigenvalue weighted by Crippen LogP contribution is -2.49. The number of piperazine rings is 1.